The average Bonchev–Trinajstić information content (AvgIpc) is 2.80. The summed E-state index contributed by atoms with van der Waals surface area (Å²) in [4.78, 5) is 18.0. The molecule has 1 heterocycles. The Morgan fingerprint density at radius 3 is 2.34 bits per heavy atom. The second-order valence-electron chi connectivity index (χ2n) is 7.63. The Hall–Kier alpha value is -4.40. The van der Waals surface area contributed by atoms with Crippen LogP contribution in [0.3, 0.4) is 0 Å². The molecule has 2 aromatic carbocycles. The summed E-state index contributed by atoms with van der Waals surface area (Å²) in [5.74, 6) is -1.47. The molecule has 0 bridgehead atoms. The SMILES string of the molecule is N#CN1CCCC(N=C(N)C(C(N)=O)=C(N)c2ccc(Oc3ccccc3OC(F)(F)F)cc2)C1. The van der Waals surface area contributed by atoms with E-state index in [1.165, 1.54) is 42.5 Å². The van der Waals surface area contributed by atoms with E-state index in [1.54, 1.807) is 4.90 Å². The van der Waals surface area contributed by atoms with Crippen LogP contribution in [0.15, 0.2) is 59.1 Å². The maximum absolute atomic E-state index is 12.6. The molecule has 1 aliphatic heterocycles. The third-order valence-corrected chi connectivity index (χ3v) is 5.10. The Labute approximate surface area is 199 Å². The number of para-hydroxylation sites is 2. The van der Waals surface area contributed by atoms with Gasteiger partial charge in [-0.1, -0.05) is 12.1 Å². The third-order valence-electron chi connectivity index (χ3n) is 5.10. The quantitative estimate of drug-likeness (QED) is 0.234. The van der Waals surface area contributed by atoms with Crippen molar-refractivity contribution in [3.63, 3.8) is 0 Å². The van der Waals surface area contributed by atoms with Crippen molar-refractivity contribution < 1.29 is 27.4 Å². The molecule has 0 aromatic heterocycles. The molecule has 2 aromatic rings. The minimum Gasteiger partial charge on any atom is -0.453 e. The van der Waals surface area contributed by atoms with Gasteiger partial charge in [-0.2, -0.15) is 5.26 Å². The predicted octanol–water partition coefficient (Wildman–Crippen LogP) is 2.84. The molecule has 1 atom stereocenters. The van der Waals surface area contributed by atoms with Crippen LogP contribution in [0.4, 0.5) is 13.2 Å². The van der Waals surface area contributed by atoms with Gasteiger partial charge in [-0.15, -0.1) is 13.2 Å². The van der Waals surface area contributed by atoms with E-state index in [0.717, 1.165) is 12.5 Å². The molecule has 3 rings (SSSR count). The molecule has 0 saturated carbocycles. The van der Waals surface area contributed by atoms with Crippen LogP contribution in [0.1, 0.15) is 18.4 Å². The van der Waals surface area contributed by atoms with E-state index in [-0.39, 0.29) is 34.6 Å². The number of alkyl halides is 3. The zero-order valence-electron chi connectivity index (χ0n) is 18.5. The van der Waals surface area contributed by atoms with Crippen molar-refractivity contribution in [2.75, 3.05) is 13.1 Å². The average molecular weight is 488 g/mol. The highest BCUT2D eigenvalue weighted by Crippen LogP contribution is 2.35. The number of primary amides is 1. The highest BCUT2D eigenvalue weighted by molar-refractivity contribution is 6.24. The first-order chi connectivity index (χ1) is 16.6. The molecule has 1 amide bonds. The zero-order valence-corrected chi connectivity index (χ0v) is 18.5. The van der Waals surface area contributed by atoms with Crippen molar-refractivity contribution >= 4 is 17.4 Å². The number of nitriles is 1. The third kappa shape index (κ3) is 6.80. The van der Waals surface area contributed by atoms with Gasteiger partial charge in [0.25, 0.3) is 5.91 Å². The first-order valence-electron chi connectivity index (χ1n) is 10.5. The van der Waals surface area contributed by atoms with Gasteiger partial charge in [0.05, 0.1) is 18.3 Å². The predicted molar refractivity (Wildman–Crippen MR) is 122 cm³/mol. The number of piperidine rings is 1. The van der Waals surface area contributed by atoms with Crippen molar-refractivity contribution in [2.24, 2.45) is 22.2 Å². The van der Waals surface area contributed by atoms with Gasteiger partial charge in [0.1, 0.15) is 17.2 Å². The molecular weight excluding hydrogens is 465 g/mol. The van der Waals surface area contributed by atoms with Crippen molar-refractivity contribution in [3.05, 3.63) is 59.7 Å². The Kier molecular flexibility index (Phi) is 7.70. The minimum atomic E-state index is -4.88. The lowest BCUT2D eigenvalue weighted by Gasteiger charge is -2.26. The second-order valence-corrected chi connectivity index (χ2v) is 7.63. The first kappa shape index (κ1) is 25.2. The van der Waals surface area contributed by atoms with Gasteiger partial charge in [0.2, 0.25) is 0 Å². The smallest absolute Gasteiger partial charge is 0.453 e. The van der Waals surface area contributed by atoms with Gasteiger partial charge in [0, 0.05) is 6.54 Å². The number of halogens is 3. The normalized spacial score (nSPS) is 17.3. The molecule has 12 heteroatoms. The van der Waals surface area contributed by atoms with Gasteiger partial charge in [-0.25, -0.2) is 0 Å². The second kappa shape index (κ2) is 10.7. The summed E-state index contributed by atoms with van der Waals surface area (Å²) in [5, 5.41) is 9.08. The van der Waals surface area contributed by atoms with Crippen molar-refractivity contribution in [1.82, 2.24) is 4.90 Å². The first-order valence-corrected chi connectivity index (χ1v) is 10.5. The fourth-order valence-corrected chi connectivity index (χ4v) is 3.53. The van der Waals surface area contributed by atoms with E-state index in [2.05, 4.69) is 15.9 Å². The summed E-state index contributed by atoms with van der Waals surface area (Å²) in [7, 11) is 0. The van der Waals surface area contributed by atoms with Crippen LogP contribution in [0.2, 0.25) is 0 Å². The van der Waals surface area contributed by atoms with Crippen molar-refractivity contribution in [1.29, 1.82) is 5.26 Å². The van der Waals surface area contributed by atoms with E-state index in [9.17, 15) is 18.0 Å². The van der Waals surface area contributed by atoms with E-state index >= 15 is 0 Å². The van der Waals surface area contributed by atoms with Gasteiger partial charge in [-0.3, -0.25) is 9.79 Å². The molecular formula is C23H23F3N6O3. The summed E-state index contributed by atoms with van der Waals surface area (Å²) in [5.41, 5.74) is 17.9. The number of nitrogens with zero attached hydrogens (tertiary/aromatic N) is 3. The molecule has 1 unspecified atom stereocenters. The molecule has 1 aliphatic rings. The summed E-state index contributed by atoms with van der Waals surface area (Å²) in [6.45, 7) is 0.999. The Morgan fingerprint density at radius 1 is 1.09 bits per heavy atom. The van der Waals surface area contributed by atoms with Gasteiger partial charge < -0.3 is 31.6 Å². The molecule has 1 fully saturated rings. The van der Waals surface area contributed by atoms with E-state index in [1.807, 2.05) is 0 Å². The van der Waals surface area contributed by atoms with Crippen LogP contribution in [0.5, 0.6) is 17.2 Å². The number of hydrogen-bond donors (Lipinski definition) is 3. The van der Waals surface area contributed by atoms with Crippen molar-refractivity contribution in [2.45, 2.75) is 25.2 Å². The number of benzene rings is 2. The molecule has 0 radical (unpaired) electrons. The Morgan fingerprint density at radius 2 is 1.74 bits per heavy atom. The maximum Gasteiger partial charge on any atom is 0.573 e. The maximum atomic E-state index is 12.6. The number of hydrogen-bond acceptors (Lipinski definition) is 7. The summed E-state index contributed by atoms with van der Waals surface area (Å²) >= 11 is 0. The van der Waals surface area contributed by atoms with Crippen LogP contribution < -0.4 is 26.7 Å². The molecule has 0 spiro atoms. The number of likely N-dealkylation sites (tertiary alicyclic amines) is 1. The number of aliphatic imine (C=N–C) groups is 1. The van der Waals surface area contributed by atoms with Crippen LogP contribution in [0.25, 0.3) is 5.70 Å². The van der Waals surface area contributed by atoms with Crippen LogP contribution in [-0.2, 0) is 4.79 Å². The fraction of sp³-hybridized carbons (Fsp3) is 0.261. The lowest BCUT2D eigenvalue weighted by molar-refractivity contribution is -0.275. The number of carbonyl (C=O) groups is 1. The molecule has 9 nitrogen and oxygen atoms in total. The van der Waals surface area contributed by atoms with E-state index < -0.39 is 18.0 Å². The number of amidine groups is 1. The largest absolute Gasteiger partial charge is 0.573 e. The van der Waals surface area contributed by atoms with Crippen LogP contribution in [0, 0.1) is 11.5 Å². The fourth-order valence-electron chi connectivity index (χ4n) is 3.53. The minimum absolute atomic E-state index is 0.0287. The van der Waals surface area contributed by atoms with E-state index in [4.69, 9.17) is 27.2 Å². The lowest BCUT2D eigenvalue weighted by atomic mass is 10.0. The van der Waals surface area contributed by atoms with E-state index in [0.29, 0.717) is 25.1 Å². The number of nitrogens with two attached hydrogens (primary N) is 3. The van der Waals surface area contributed by atoms with Crippen molar-refractivity contribution in [3.8, 4) is 23.4 Å². The molecule has 1 saturated heterocycles. The summed E-state index contributed by atoms with van der Waals surface area (Å²) < 4.78 is 47.4. The standard InChI is InChI=1S/C23H23F3N6O3/c24-23(25,26)35-18-6-2-1-5-17(18)34-16-9-7-14(8-10-16)20(28)19(22(30)33)21(29)31-15-4-3-11-32(12-15)13-27/h1-2,5-10,15H,3-4,11-12,28H2,(H2,29,31)(H2,30,33). The molecule has 184 valence electrons. The zero-order chi connectivity index (χ0) is 25.6. The Balaban J connectivity index is 1.83. The Bertz CT molecular complexity index is 1170. The molecule has 6 N–H and O–H groups in total. The van der Waals surface area contributed by atoms with Crippen LogP contribution >= 0.6 is 0 Å². The van der Waals surface area contributed by atoms with Gasteiger partial charge in [0.15, 0.2) is 17.7 Å². The van der Waals surface area contributed by atoms with Gasteiger partial charge >= 0.3 is 6.36 Å². The monoisotopic (exact) mass is 488 g/mol. The lowest BCUT2D eigenvalue weighted by Crippen LogP contribution is -2.37. The van der Waals surface area contributed by atoms with Crippen LogP contribution in [-0.4, -0.2) is 42.1 Å². The highest BCUT2D eigenvalue weighted by atomic mass is 19.4. The number of ether oxygens (including phenoxy) is 2. The summed E-state index contributed by atoms with van der Waals surface area (Å²) in [6, 6.07) is 10.9. The van der Waals surface area contributed by atoms with Gasteiger partial charge in [-0.05, 0) is 54.8 Å². The topological polar surface area (TPSA) is 153 Å². The number of amides is 1. The highest BCUT2D eigenvalue weighted by Gasteiger charge is 2.32. The summed E-state index contributed by atoms with van der Waals surface area (Å²) in [6.07, 6.45) is -1.37. The number of rotatable bonds is 7. The number of carbonyl (C=O) groups excluding carboxylic acids is 1. The molecule has 0 aliphatic carbocycles. The molecule has 35 heavy (non-hydrogen) atoms.